The highest BCUT2D eigenvalue weighted by Gasteiger charge is 2.17. The van der Waals surface area contributed by atoms with Crippen molar-refractivity contribution in [2.45, 2.75) is 12.8 Å². The predicted octanol–water partition coefficient (Wildman–Crippen LogP) is 0.419. The van der Waals surface area contributed by atoms with E-state index in [1.54, 1.807) is 4.90 Å². The quantitative estimate of drug-likeness (QED) is 0.614. The Morgan fingerprint density at radius 2 is 2.00 bits per heavy atom. The van der Waals surface area contributed by atoms with E-state index in [1.165, 1.54) is 0 Å². The summed E-state index contributed by atoms with van der Waals surface area (Å²) >= 11 is 0. The predicted molar refractivity (Wildman–Crippen MR) is 63.0 cm³/mol. The third-order valence-electron chi connectivity index (χ3n) is 2.71. The van der Waals surface area contributed by atoms with E-state index in [0.29, 0.717) is 0 Å². The van der Waals surface area contributed by atoms with E-state index in [2.05, 4.69) is 15.3 Å². The van der Waals surface area contributed by atoms with Gasteiger partial charge < -0.3 is 10.2 Å². The molecule has 1 N–H and O–H groups in total. The first-order valence-corrected chi connectivity index (χ1v) is 5.65. The van der Waals surface area contributed by atoms with Crippen molar-refractivity contribution in [3.8, 4) is 0 Å². The number of nitrogens with one attached hydrogen (secondary N) is 1. The van der Waals surface area contributed by atoms with E-state index < -0.39 is 4.92 Å². The van der Waals surface area contributed by atoms with Gasteiger partial charge in [0.25, 0.3) is 0 Å². The van der Waals surface area contributed by atoms with Crippen LogP contribution in [0.4, 0.5) is 11.6 Å². The number of anilines is 1. The maximum absolute atomic E-state index is 11.7. The maximum Gasteiger partial charge on any atom is 0.305 e. The lowest BCUT2D eigenvalue weighted by Gasteiger charge is -2.15. The Bertz CT molecular complexity index is 441. The van der Waals surface area contributed by atoms with Crippen molar-refractivity contribution in [3.63, 3.8) is 0 Å². The molecule has 0 aliphatic carbocycles. The van der Waals surface area contributed by atoms with Crippen molar-refractivity contribution < 1.29 is 9.72 Å². The van der Waals surface area contributed by atoms with Crippen molar-refractivity contribution in [2.75, 3.05) is 25.0 Å². The van der Waals surface area contributed by atoms with Crippen molar-refractivity contribution in [3.05, 3.63) is 22.5 Å². The molecule has 1 aliphatic heterocycles. The highest BCUT2D eigenvalue weighted by atomic mass is 16.6. The molecule has 1 aromatic heterocycles. The topological polar surface area (TPSA) is 101 Å². The number of carbonyl (C=O) groups excluding carboxylic acids is 1. The number of aromatic nitrogens is 2. The number of amides is 1. The maximum atomic E-state index is 11.7. The van der Waals surface area contributed by atoms with Crippen LogP contribution in [-0.2, 0) is 4.79 Å². The number of nitro groups is 1. The van der Waals surface area contributed by atoms with E-state index in [0.717, 1.165) is 38.3 Å². The molecule has 0 saturated carbocycles. The summed E-state index contributed by atoms with van der Waals surface area (Å²) in [7, 11) is 0. The lowest BCUT2D eigenvalue weighted by atomic mass is 10.4. The first kappa shape index (κ1) is 12.2. The van der Waals surface area contributed by atoms with Crippen LogP contribution in [0.5, 0.6) is 0 Å². The lowest BCUT2D eigenvalue weighted by Crippen LogP contribution is -2.33. The van der Waals surface area contributed by atoms with E-state index >= 15 is 0 Å². The van der Waals surface area contributed by atoms with Gasteiger partial charge in [0.05, 0.1) is 11.5 Å². The van der Waals surface area contributed by atoms with Gasteiger partial charge in [0, 0.05) is 13.1 Å². The minimum absolute atomic E-state index is 0.00514. The molecule has 2 rings (SSSR count). The fraction of sp³-hybridized carbons (Fsp3) is 0.500. The van der Waals surface area contributed by atoms with Gasteiger partial charge in [-0.3, -0.25) is 14.9 Å². The average molecular weight is 251 g/mol. The Hall–Kier alpha value is -2.25. The van der Waals surface area contributed by atoms with Crippen molar-refractivity contribution in [2.24, 2.45) is 0 Å². The van der Waals surface area contributed by atoms with Crippen LogP contribution in [0.25, 0.3) is 0 Å². The van der Waals surface area contributed by atoms with E-state index in [1.807, 2.05) is 0 Å². The van der Waals surface area contributed by atoms with Gasteiger partial charge in [-0.2, -0.15) is 0 Å². The molecule has 1 aromatic rings. The number of carbonyl (C=O) groups is 1. The summed E-state index contributed by atoms with van der Waals surface area (Å²) in [6, 6.07) is 0. The molecule has 0 aromatic carbocycles. The van der Waals surface area contributed by atoms with Crippen LogP contribution in [0.1, 0.15) is 12.8 Å². The Morgan fingerprint density at radius 3 is 2.56 bits per heavy atom. The molecule has 96 valence electrons. The fourth-order valence-corrected chi connectivity index (χ4v) is 1.74. The number of nitrogens with zero attached hydrogens (tertiary/aromatic N) is 4. The van der Waals surface area contributed by atoms with Crippen LogP contribution in [0.3, 0.4) is 0 Å². The molecule has 0 atom stereocenters. The normalized spacial score (nSPS) is 14.6. The number of rotatable bonds is 4. The van der Waals surface area contributed by atoms with Gasteiger partial charge in [0.2, 0.25) is 11.9 Å². The Morgan fingerprint density at radius 1 is 1.39 bits per heavy atom. The molecule has 18 heavy (non-hydrogen) atoms. The van der Waals surface area contributed by atoms with Crippen LogP contribution >= 0.6 is 0 Å². The van der Waals surface area contributed by atoms with E-state index in [-0.39, 0.29) is 24.1 Å². The standard InChI is InChI=1S/C10H13N5O3/c16-9(14-3-1-2-4-14)7-13-10-11-5-8(6-12-10)15(17)18/h5-6H,1-4,7H2,(H,11,12,13). The zero-order valence-corrected chi connectivity index (χ0v) is 9.70. The zero-order chi connectivity index (χ0) is 13.0. The smallest absolute Gasteiger partial charge is 0.305 e. The lowest BCUT2D eigenvalue weighted by molar-refractivity contribution is -0.385. The van der Waals surface area contributed by atoms with E-state index in [4.69, 9.17) is 0 Å². The molecular weight excluding hydrogens is 238 g/mol. The molecule has 2 heterocycles. The second-order valence-electron chi connectivity index (χ2n) is 3.96. The van der Waals surface area contributed by atoms with Crippen LogP contribution < -0.4 is 5.32 Å². The fourth-order valence-electron chi connectivity index (χ4n) is 1.74. The molecule has 0 bridgehead atoms. The molecule has 0 radical (unpaired) electrons. The van der Waals surface area contributed by atoms with Gasteiger partial charge in [-0.25, -0.2) is 9.97 Å². The monoisotopic (exact) mass is 251 g/mol. The van der Waals surface area contributed by atoms with Gasteiger partial charge >= 0.3 is 5.69 Å². The minimum atomic E-state index is -0.570. The van der Waals surface area contributed by atoms with Gasteiger partial charge in [0.1, 0.15) is 12.4 Å². The second kappa shape index (κ2) is 5.39. The average Bonchev–Trinajstić information content (AvgIpc) is 2.90. The first-order chi connectivity index (χ1) is 8.66. The van der Waals surface area contributed by atoms with Crippen LogP contribution in [0.15, 0.2) is 12.4 Å². The van der Waals surface area contributed by atoms with Crippen molar-refractivity contribution >= 4 is 17.5 Å². The Kier molecular flexibility index (Phi) is 3.66. The molecule has 0 spiro atoms. The summed E-state index contributed by atoms with van der Waals surface area (Å²) in [6.07, 6.45) is 4.30. The summed E-state index contributed by atoms with van der Waals surface area (Å²) in [5.74, 6) is 0.211. The van der Waals surface area contributed by atoms with Gasteiger partial charge in [0.15, 0.2) is 0 Å². The van der Waals surface area contributed by atoms with Gasteiger partial charge in [-0.15, -0.1) is 0 Å². The van der Waals surface area contributed by atoms with Crippen LogP contribution in [0.2, 0.25) is 0 Å². The molecule has 1 amide bonds. The van der Waals surface area contributed by atoms with Gasteiger partial charge in [-0.1, -0.05) is 0 Å². The number of hydrogen-bond donors (Lipinski definition) is 1. The highest BCUT2D eigenvalue weighted by molar-refractivity contribution is 5.80. The van der Waals surface area contributed by atoms with E-state index in [9.17, 15) is 14.9 Å². The molecule has 8 heteroatoms. The van der Waals surface area contributed by atoms with Crippen molar-refractivity contribution in [1.82, 2.24) is 14.9 Å². The summed E-state index contributed by atoms with van der Waals surface area (Å²) < 4.78 is 0. The molecule has 8 nitrogen and oxygen atoms in total. The molecule has 1 aliphatic rings. The minimum Gasteiger partial charge on any atom is -0.345 e. The van der Waals surface area contributed by atoms with Crippen LogP contribution in [-0.4, -0.2) is 45.3 Å². The molecule has 1 saturated heterocycles. The SMILES string of the molecule is O=C(CNc1ncc([N+](=O)[O-])cn1)N1CCCC1. The third-order valence-corrected chi connectivity index (χ3v) is 2.71. The van der Waals surface area contributed by atoms with Crippen LogP contribution in [0, 0.1) is 10.1 Å². The largest absolute Gasteiger partial charge is 0.345 e. The number of hydrogen-bond acceptors (Lipinski definition) is 6. The summed E-state index contributed by atoms with van der Waals surface area (Å²) in [5.41, 5.74) is -0.175. The summed E-state index contributed by atoms with van der Waals surface area (Å²) in [4.78, 5) is 30.8. The Balaban J connectivity index is 1.86. The second-order valence-corrected chi connectivity index (χ2v) is 3.96. The highest BCUT2D eigenvalue weighted by Crippen LogP contribution is 2.09. The molecule has 1 fully saturated rings. The third kappa shape index (κ3) is 2.90. The summed E-state index contributed by atoms with van der Waals surface area (Å²) in [5, 5.41) is 13.1. The summed E-state index contributed by atoms with van der Waals surface area (Å²) in [6.45, 7) is 1.70. The first-order valence-electron chi connectivity index (χ1n) is 5.65. The molecule has 0 unspecified atom stereocenters. The van der Waals surface area contributed by atoms with Crippen molar-refractivity contribution in [1.29, 1.82) is 0 Å². The Labute approximate surface area is 103 Å². The molecular formula is C10H13N5O3. The zero-order valence-electron chi connectivity index (χ0n) is 9.70. The number of likely N-dealkylation sites (tertiary alicyclic amines) is 1. The van der Waals surface area contributed by atoms with Gasteiger partial charge in [-0.05, 0) is 12.8 Å².